The molecule has 0 atom stereocenters. The lowest BCUT2D eigenvalue weighted by Gasteiger charge is -2.04. The standard InChI is InChI=1S/C11H14NO4S/c1-2-8-17(14,15)12-11(13)16-9-10-6-4-3-5-7-10/h3-7H,2,8-9H2,1H3. The largest absolute Gasteiger partial charge is 0.444 e. The summed E-state index contributed by atoms with van der Waals surface area (Å²) in [5.74, 6) is -0.145. The molecule has 0 aliphatic rings. The van der Waals surface area contributed by atoms with Gasteiger partial charge in [0.2, 0.25) is 0 Å². The Hall–Kier alpha value is -1.56. The number of ether oxygens (including phenoxy) is 1. The molecule has 0 aliphatic heterocycles. The first kappa shape index (κ1) is 13.5. The Morgan fingerprint density at radius 2 is 1.94 bits per heavy atom. The van der Waals surface area contributed by atoms with Crippen molar-refractivity contribution in [3.8, 4) is 0 Å². The fraction of sp³-hybridized carbons (Fsp3) is 0.364. The summed E-state index contributed by atoms with van der Waals surface area (Å²) < 4.78 is 30.1. The van der Waals surface area contributed by atoms with Crippen molar-refractivity contribution in [2.45, 2.75) is 20.0 Å². The van der Waals surface area contributed by atoms with E-state index >= 15 is 0 Å². The summed E-state index contributed by atoms with van der Waals surface area (Å²) in [4.78, 5) is 11.1. The Kier molecular flexibility index (Phi) is 4.96. The number of hydrogen-bond acceptors (Lipinski definition) is 4. The van der Waals surface area contributed by atoms with E-state index in [0.717, 1.165) is 5.56 Å². The molecule has 17 heavy (non-hydrogen) atoms. The number of hydrogen-bond donors (Lipinski definition) is 0. The molecule has 1 amide bonds. The van der Waals surface area contributed by atoms with Gasteiger partial charge in [-0.05, 0) is 12.0 Å². The van der Waals surface area contributed by atoms with Crippen LogP contribution in [-0.2, 0) is 21.4 Å². The van der Waals surface area contributed by atoms with E-state index in [1.165, 1.54) is 0 Å². The average molecular weight is 256 g/mol. The van der Waals surface area contributed by atoms with Crippen LogP contribution in [0.5, 0.6) is 0 Å². The lowest BCUT2D eigenvalue weighted by atomic mass is 10.2. The maximum absolute atomic E-state index is 11.2. The first-order valence-corrected chi connectivity index (χ1v) is 6.81. The highest BCUT2D eigenvalue weighted by molar-refractivity contribution is 7.89. The Morgan fingerprint density at radius 3 is 2.53 bits per heavy atom. The predicted molar refractivity (Wildman–Crippen MR) is 62.8 cm³/mol. The molecule has 0 unspecified atom stereocenters. The summed E-state index contributed by atoms with van der Waals surface area (Å²) in [6.45, 7) is 1.72. The number of sulfonamides is 1. The summed E-state index contributed by atoms with van der Waals surface area (Å²) >= 11 is 0. The van der Waals surface area contributed by atoms with E-state index in [2.05, 4.69) is 4.72 Å². The van der Waals surface area contributed by atoms with Gasteiger partial charge in [-0.2, -0.15) is 0 Å². The fourth-order valence-corrected chi connectivity index (χ4v) is 2.05. The minimum absolute atomic E-state index is 0.0187. The van der Waals surface area contributed by atoms with E-state index in [-0.39, 0.29) is 12.4 Å². The monoisotopic (exact) mass is 256 g/mol. The van der Waals surface area contributed by atoms with Crippen LogP contribution in [0.1, 0.15) is 18.9 Å². The lowest BCUT2D eigenvalue weighted by Crippen LogP contribution is -2.26. The van der Waals surface area contributed by atoms with Gasteiger partial charge in [0.25, 0.3) is 10.0 Å². The normalized spacial score (nSPS) is 10.9. The minimum Gasteiger partial charge on any atom is -0.443 e. The third kappa shape index (κ3) is 5.35. The molecule has 0 spiro atoms. The quantitative estimate of drug-likeness (QED) is 0.803. The SMILES string of the molecule is CCCS(=O)(=O)[N]C(=O)OCc1ccccc1. The Morgan fingerprint density at radius 1 is 1.29 bits per heavy atom. The van der Waals surface area contributed by atoms with Crippen molar-refractivity contribution >= 4 is 16.1 Å². The van der Waals surface area contributed by atoms with Gasteiger partial charge < -0.3 is 4.74 Å². The van der Waals surface area contributed by atoms with Crippen LogP contribution in [0.15, 0.2) is 30.3 Å². The van der Waals surface area contributed by atoms with Crippen LogP contribution in [-0.4, -0.2) is 20.3 Å². The van der Waals surface area contributed by atoms with Gasteiger partial charge in [0.1, 0.15) is 6.61 Å². The second kappa shape index (κ2) is 6.24. The molecule has 0 saturated heterocycles. The topological polar surface area (TPSA) is 74.5 Å². The van der Waals surface area contributed by atoms with Crippen LogP contribution < -0.4 is 4.72 Å². The number of benzene rings is 1. The minimum atomic E-state index is -3.68. The number of amides is 1. The molecule has 0 N–H and O–H groups in total. The number of carbonyl (C=O) groups is 1. The molecule has 93 valence electrons. The number of rotatable bonds is 5. The van der Waals surface area contributed by atoms with Crippen molar-refractivity contribution in [1.29, 1.82) is 0 Å². The molecular formula is C11H14NO4S. The third-order valence-electron chi connectivity index (χ3n) is 1.88. The first-order chi connectivity index (χ1) is 8.03. The van der Waals surface area contributed by atoms with Gasteiger partial charge in [0.15, 0.2) is 0 Å². The zero-order valence-electron chi connectivity index (χ0n) is 9.50. The third-order valence-corrected chi connectivity index (χ3v) is 3.23. The van der Waals surface area contributed by atoms with Gasteiger partial charge in [-0.1, -0.05) is 42.0 Å². The van der Waals surface area contributed by atoms with Crippen molar-refractivity contribution in [2.24, 2.45) is 0 Å². The summed E-state index contributed by atoms with van der Waals surface area (Å²) in [7, 11) is -3.68. The van der Waals surface area contributed by atoms with Crippen LogP contribution in [0.2, 0.25) is 0 Å². The van der Waals surface area contributed by atoms with Gasteiger partial charge in [-0.25, -0.2) is 13.2 Å². The highest BCUT2D eigenvalue weighted by Gasteiger charge is 2.17. The zero-order valence-corrected chi connectivity index (χ0v) is 10.3. The molecule has 1 aromatic carbocycles. The van der Waals surface area contributed by atoms with E-state index in [4.69, 9.17) is 4.74 Å². The maximum Gasteiger partial charge on any atom is 0.444 e. The van der Waals surface area contributed by atoms with E-state index in [1.54, 1.807) is 31.2 Å². The molecule has 5 nitrogen and oxygen atoms in total. The highest BCUT2D eigenvalue weighted by atomic mass is 32.2. The second-order valence-corrected chi connectivity index (χ2v) is 5.17. The van der Waals surface area contributed by atoms with Crippen molar-refractivity contribution < 1.29 is 17.9 Å². The smallest absolute Gasteiger partial charge is 0.443 e. The van der Waals surface area contributed by atoms with E-state index in [9.17, 15) is 13.2 Å². The van der Waals surface area contributed by atoms with Crippen LogP contribution in [0.4, 0.5) is 4.79 Å². The van der Waals surface area contributed by atoms with E-state index in [1.807, 2.05) is 6.07 Å². The van der Waals surface area contributed by atoms with Crippen molar-refractivity contribution in [3.63, 3.8) is 0 Å². The lowest BCUT2D eigenvalue weighted by molar-refractivity contribution is 0.145. The fourth-order valence-electron chi connectivity index (χ4n) is 1.16. The predicted octanol–water partition coefficient (Wildman–Crippen LogP) is 1.67. The Balaban J connectivity index is 2.41. The molecule has 1 radical (unpaired) electrons. The molecule has 1 aromatic rings. The first-order valence-electron chi connectivity index (χ1n) is 5.20. The van der Waals surface area contributed by atoms with Gasteiger partial charge in [0.05, 0.1) is 5.75 Å². The Bertz CT molecular complexity index is 456. The molecular weight excluding hydrogens is 242 g/mol. The van der Waals surface area contributed by atoms with E-state index in [0.29, 0.717) is 6.42 Å². The van der Waals surface area contributed by atoms with Crippen LogP contribution in [0.3, 0.4) is 0 Å². The molecule has 0 aromatic heterocycles. The second-order valence-electron chi connectivity index (χ2n) is 3.42. The average Bonchev–Trinajstić information content (AvgIpc) is 2.27. The molecule has 6 heteroatoms. The van der Waals surface area contributed by atoms with E-state index < -0.39 is 16.1 Å². The summed E-state index contributed by atoms with van der Waals surface area (Å²) in [6, 6.07) is 8.98. The summed E-state index contributed by atoms with van der Waals surface area (Å²) in [5, 5.41) is 0. The molecule has 0 bridgehead atoms. The number of nitrogens with zero attached hydrogens (tertiary/aromatic N) is 1. The molecule has 0 aliphatic carbocycles. The van der Waals surface area contributed by atoms with Crippen LogP contribution >= 0.6 is 0 Å². The number of carbonyl (C=O) groups excluding carboxylic acids is 1. The molecule has 1 rings (SSSR count). The van der Waals surface area contributed by atoms with Gasteiger partial charge in [0, 0.05) is 0 Å². The summed E-state index contributed by atoms with van der Waals surface area (Å²) in [6.07, 6.45) is -0.653. The van der Waals surface area contributed by atoms with Crippen molar-refractivity contribution in [3.05, 3.63) is 35.9 Å². The maximum atomic E-state index is 11.2. The van der Waals surface area contributed by atoms with Gasteiger partial charge in [-0.15, -0.1) is 0 Å². The van der Waals surface area contributed by atoms with Gasteiger partial charge in [-0.3, -0.25) is 0 Å². The molecule has 0 heterocycles. The zero-order chi connectivity index (χ0) is 12.7. The van der Waals surface area contributed by atoms with Crippen molar-refractivity contribution in [2.75, 3.05) is 5.75 Å². The molecule has 0 fully saturated rings. The highest BCUT2D eigenvalue weighted by Crippen LogP contribution is 2.01. The molecule has 0 saturated carbocycles. The summed E-state index contributed by atoms with van der Waals surface area (Å²) in [5.41, 5.74) is 0.781. The van der Waals surface area contributed by atoms with Gasteiger partial charge >= 0.3 is 6.09 Å². The van der Waals surface area contributed by atoms with Crippen LogP contribution in [0, 0.1) is 0 Å². The van der Waals surface area contributed by atoms with Crippen LogP contribution in [0.25, 0.3) is 0 Å². The van der Waals surface area contributed by atoms with Crippen molar-refractivity contribution in [1.82, 2.24) is 4.72 Å². The Labute approximate surface area is 101 Å².